The summed E-state index contributed by atoms with van der Waals surface area (Å²) in [4.78, 5) is 13.0. The second kappa shape index (κ2) is 11.7. The van der Waals surface area contributed by atoms with E-state index in [1.54, 1.807) is 0 Å². The van der Waals surface area contributed by atoms with E-state index in [1.165, 1.54) is 30.6 Å². The predicted molar refractivity (Wildman–Crippen MR) is 144 cm³/mol. The number of anilines is 3. The normalized spacial score (nSPS) is 20.2. The molecule has 12 heteroatoms. The Kier molecular flexibility index (Phi) is 8.19. The summed E-state index contributed by atoms with van der Waals surface area (Å²) >= 11 is 0. The van der Waals surface area contributed by atoms with Crippen molar-refractivity contribution < 1.29 is 31.1 Å². The maximum absolute atomic E-state index is 12.9. The topological polar surface area (TPSA) is 53.5 Å². The molecule has 6 nitrogen and oxygen atoms in total. The molecule has 1 aliphatic heterocycles. The summed E-state index contributed by atoms with van der Waals surface area (Å²) in [7, 11) is 0. The zero-order valence-electron chi connectivity index (χ0n) is 22.5. The van der Waals surface area contributed by atoms with E-state index in [0.717, 1.165) is 67.0 Å². The monoisotopic (exact) mass is 579 g/mol. The Bertz CT molecular complexity index is 1300. The molecule has 0 amide bonds. The SMILES string of the molecule is Cc1c(OC2CCC(Nc3ccc(C(F)(F)F)cc3)CC2)ncnc1N1CCN(c2ccc(C(F)(F)F)cc2)CC1. The molecular weight excluding hydrogens is 548 g/mol. The smallest absolute Gasteiger partial charge is 0.416 e. The molecule has 2 aromatic carbocycles. The van der Waals surface area contributed by atoms with Gasteiger partial charge in [0.2, 0.25) is 5.88 Å². The van der Waals surface area contributed by atoms with Gasteiger partial charge < -0.3 is 19.9 Å². The van der Waals surface area contributed by atoms with E-state index in [0.29, 0.717) is 37.7 Å². The summed E-state index contributed by atoms with van der Waals surface area (Å²) in [5.74, 6) is 1.30. The van der Waals surface area contributed by atoms with Crippen LogP contribution in [0.25, 0.3) is 0 Å². The van der Waals surface area contributed by atoms with Crippen molar-refractivity contribution in [2.24, 2.45) is 0 Å². The Hall–Kier alpha value is -3.70. The highest BCUT2D eigenvalue weighted by atomic mass is 19.4. The molecule has 5 rings (SSSR count). The molecule has 1 saturated carbocycles. The van der Waals surface area contributed by atoms with Crippen molar-refractivity contribution in [3.8, 4) is 5.88 Å². The number of hydrogen-bond acceptors (Lipinski definition) is 6. The second-order valence-electron chi connectivity index (χ2n) is 10.5. The minimum absolute atomic E-state index is 0.0291. The third-order valence-corrected chi connectivity index (χ3v) is 7.69. The van der Waals surface area contributed by atoms with E-state index in [1.807, 2.05) is 6.92 Å². The van der Waals surface area contributed by atoms with Crippen LogP contribution in [-0.4, -0.2) is 48.3 Å². The molecule has 41 heavy (non-hydrogen) atoms. The fourth-order valence-electron chi connectivity index (χ4n) is 5.37. The highest BCUT2D eigenvalue weighted by molar-refractivity contribution is 5.54. The van der Waals surface area contributed by atoms with E-state index in [4.69, 9.17) is 4.74 Å². The maximum Gasteiger partial charge on any atom is 0.416 e. The van der Waals surface area contributed by atoms with Crippen molar-refractivity contribution in [2.45, 2.75) is 57.1 Å². The summed E-state index contributed by atoms with van der Waals surface area (Å²) in [5, 5.41) is 3.32. The van der Waals surface area contributed by atoms with E-state index >= 15 is 0 Å². The van der Waals surface area contributed by atoms with E-state index in [9.17, 15) is 26.3 Å². The van der Waals surface area contributed by atoms with Crippen molar-refractivity contribution in [1.82, 2.24) is 9.97 Å². The van der Waals surface area contributed by atoms with Crippen LogP contribution in [-0.2, 0) is 12.4 Å². The van der Waals surface area contributed by atoms with E-state index < -0.39 is 23.5 Å². The number of benzene rings is 2. The van der Waals surface area contributed by atoms with Crippen LogP contribution in [0.3, 0.4) is 0 Å². The minimum atomic E-state index is -4.35. The molecule has 3 aromatic rings. The van der Waals surface area contributed by atoms with Crippen LogP contribution in [0.1, 0.15) is 42.4 Å². The lowest BCUT2D eigenvalue weighted by molar-refractivity contribution is -0.138. The number of alkyl halides is 6. The highest BCUT2D eigenvalue weighted by Gasteiger charge is 2.31. The minimum Gasteiger partial charge on any atom is -0.474 e. The van der Waals surface area contributed by atoms with Gasteiger partial charge in [-0.2, -0.15) is 26.3 Å². The molecule has 0 spiro atoms. The fraction of sp³-hybridized carbons (Fsp3) is 0.448. The molecule has 1 N–H and O–H groups in total. The Morgan fingerprint density at radius 3 is 1.83 bits per heavy atom. The van der Waals surface area contributed by atoms with Crippen LogP contribution in [0.5, 0.6) is 5.88 Å². The lowest BCUT2D eigenvalue weighted by Gasteiger charge is -2.37. The lowest BCUT2D eigenvalue weighted by atomic mass is 9.92. The maximum atomic E-state index is 12.9. The molecule has 0 unspecified atom stereocenters. The third kappa shape index (κ3) is 6.97. The number of nitrogens with zero attached hydrogens (tertiary/aromatic N) is 4. The summed E-state index contributed by atoms with van der Waals surface area (Å²) in [6.07, 6.45) is -4.06. The number of nitrogens with one attached hydrogen (secondary N) is 1. The van der Waals surface area contributed by atoms with Crippen molar-refractivity contribution in [3.05, 3.63) is 71.5 Å². The Labute approximate surface area is 234 Å². The first-order chi connectivity index (χ1) is 19.5. The first-order valence-electron chi connectivity index (χ1n) is 13.6. The summed E-state index contributed by atoms with van der Waals surface area (Å²) in [6, 6.07) is 10.5. The summed E-state index contributed by atoms with van der Waals surface area (Å²) < 4.78 is 83.3. The first kappa shape index (κ1) is 28.8. The highest BCUT2D eigenvalue weighted by Crippen LogP contribution is 2.33. The standard InChI is InChI=1S/C29H31F6N5O/c1-19-26(40-16-14-39(15-17-40)24-10-4-21(5-11-24)29(33,34)35)36-18-37-27(19)41-25-12-8-23(9-13-25)38-22-6-2-20(3-7-22)28(30,31)32/h2-7,10-11,18,23,25,38H,8-9,12-17H2,1H3. The molecule has 0 atom stereocenters. The van der Waals surface area contributed by atoms with Crippen molar-refractivity contribution in [3.63, 3.8) is 0 Å². The summed E-state index contributed by atoms with van der Waals surface area (Å²) in [6.45, 7) is 4.50. The van der Waals surface area contributed by atoms with Gasteiger partial charge in [0, 0.05) is 43.6 Å². The second-order valence-corrected chi connectivity index (χ2v) is 10.5. The van der Waals surface area contributed by atoms with Crippen LogP contribution in [0, 0.1) is 6.92 Å². The first-order valence-corrected chi connectivity index (χ1v) is 13.6. The Morgan fingerprint density at radius 2 is 1.27 bits per heavy atom. The summed E-state index contributed by atoms with van der Waals surface area (Å²) in [5.41, 5.74) is 0.927. The number of rotatable bonds is 6. The molecule has 220 valence electrons. The predicted octanol–water partition coefficient (Wildman–Crippen LogP) is 6.95. The van der Waals surface area contributed by atoms with Gasteiger partial charge in [-0.25, -0.2) is 9.97 Å². The number of aromatic nitrogens is 2. The van der Waals surface area contributed by atoms with Gasteiger partial charge in [-0.3, -0.25) is 0 Å². The van der Waals surface area contributed by atoms with Gasteiger partial charge in [0.25, 0.3) is 0 Å². The molecule has 0 bridgehead atoms. The lowest BCUT2D eigenvalue weighted by Crippen LogP contribution is -2.47. The van der Waals surface area contributed by atoms with Crippen LogP contribution in [0.2, 0.25) is 0 Å². The number of hydrogen-bond donors (Lipinski definition) is 1. The zero-order chi connectivity index (χ0) is 29.2. The number of piperazine rings is 1. The van der Waals surface area contributed by atoms with Gasteiger partial charge in [-0.05, 0) is 81.1 Å². The molecule has 2 fully saturated rings. The average molecular weight is 580 g/mol. The van der Waals surface area contributed by atoms with Crippen molar-refractivity contribution >= 4 is 17.2 Å². The van der Waals surface area contributed by atoms with Crippen LogP contribution >= 0.6 is 0 Å². The quantitative estimate of drug-likeness (QED) is 0.319. The van der Waals surface area contributed by atoms with Crippen LogP contribution in [0.4, 0.5) is 43.5 Å². The van der Waals surface area contributed by atoms with Crippen molar-refractivity contribution in [2.75, 3.05) is 41.3 Å². The molecule has 1 aromatic heterocycles. The van der Waals surface area contributed by atoms with E-state index in [-0.39, 0.29) is 12.1 Å². The molecule has 1 aliphatic carbocycles. The molecule has 2 aliphatic rings. The fourth-order valence-corrected chi connectivity index (χ4v) is 5.37. The van der Waals surface area contributed by atoms with Gasteiger partial charge in [0.05, 0.1) is 16.7 Å². The zero-order valence-corrected chi connectivity index (χ0v) is 22.5. The Morgan fingerprint density at radius 1 is 0.732 bits per heavy atom. The van der Waals surface area contributed by atoms with Crippen LogP contribution < -0.4 is 19.9 Å². The van der Waals surface area contributed by atoms with Gasteiger partial charge in [-0.1, -0.05) is 0 Å². The third-order valence-electron chi connectivity index (χ3n) is 7.69. The average Bonchev–Trinajstić information content (AvgIpc) is 2.95. The molecule has 1 saturated heterocycles. The van der Waals surface area contributed by atoms with Gasteiger partial charge in [0.1, 0.15) is 18.2 Å². The van der Waals surface area contributed by atoms with Gasteiger partial charge in [-0.15, -0.1) is 0 Å². The van der Waals surface area contributed by atoms with E-state index in [2.05, 4.69) is 25.1 Å². The van der Waals surface area contributed by atoms with Crippen molar-refractivity contribution in [1.29, 1.82) is 0 Å². The number of ether oxygens (including phenoxy) is 1. The van der Waals surface area contributed by atoms with Crippen LogP contribution in [0.15, 0.2) is 54.9 Å². The molecule has 0 radical (unpaired) electrons. The van der Waals surface area contributed by atoms with Gasteiger partial charge >= 0.3 is 12.4 Å². The largest absolute Gasteiger partial charge is 0.474 e. The molecule has 2 heterocycles. The Balaban J connectivity index is 1.12. The number of halogens is 6. The van der Waals surface area contributed by atoms with Gasteiger partial charge in [0.15, 0.2) is 0 Å². The molecular formula is C29H31F6N5O.